The monoisotopic (exact) mass is 329 g/mol. The second kappa shape index (κ2) is 4.75. The molecule has 2 aliphatic rings. The third-order valence-corrected chi connectivity index (χ3v) is 7.09. The van der Waals surface area contributed by atoms with Crippen LogP contribution < -0.4 is 5.32 Å². The van der Waals surface area contributed by atoms with Gasteiger partial charge in [0.15, 0.2) is 0 Å². The largest absolute Gasteiger partial charge is 0.350 e. The third kappa shape index (κ3) is 2.48. The minimum atomic E-state index is -0.0104. The van der Waals surface area contributed by atoms with E-state index in [0.29, 0.717) is 5.92 Å². The fraction of sp³-hybridized carbons (Fsp3) is 0.938. The van der Waals surface area contributed by atoms with Crippen molar-refractivity contribution in [3.8, 4) is 0 Å². The summed E-state index contributed by atoms with van der Waals surface area (Å²) in [6.07, 6.45) is 4.75. The molecule has 2 saturated carbocycles. The van der Waals surface area contributed by atoms with Gasteiger partial charge in [0.1, 0.15) is 0 Å². The van der Waals surface area contributed by atoms with Gasteiger partial charge in [-0.3, -0.25) is 4.79 Å². The van der Waals surface area contributed by atoms with Gasteiger partial charge < -0.3 is 5.32 Å². The Hall–Kier alpha value is -0.0500. The number of halogens is 1. The molecular weight excluding hydrogens is 302 g/mol. The Morgan fingerprint density at radius 1 is 1.26 bits per heavy atom. The van der Waals surface area contributed by atoms with Gasteiger partial charge in [-0.1, -0.05) is 63.4 Å². The molecule has 2 unspecified atom stereocenters. The molecule has 0 aromatic rings. The van der Waals surface area contributed by atoms with E-state index < -0.39 is 0 Å². The lowest BCUT2D eigenvalue weighted by atomic mass is 9.77. The van der Waals surface area contributed by atoms with Gasteiger partial charge in [-0.05, 0) is 29.6 Å². The molecule has 1 amide bonds. The highest BCUT2D eigenvalue weighted by molar-refractivity contribution is 9.09. The molecule has 19 heavy (non-hydrogen) atoms. The number of rotatable bonds is 3. The van der Waals surface area contributed by atoms with E-state index in [1.165, 1.54) is 12.8 Å². The molecule has 0 bridgehead atoms. The Bertz CT molecular complexity index is 363. The standard InChI is InChI=1S/C16H28BrNO/c1-11-7-6-8-16(9-11,10-17)18-13(19)12-14(2,3)15(12,4)5/h11-12H,6-10H2,1-5H3,(H,18,19). The van der Waals surface area contributed by atoms with Crippen molar-refractivity contribution >= 4 is 21.8 Å². The van der Waals surface area contributed by atoms with Crippen LogP contribution in [0.3, 0.4) is 0 Å². The van der Waals surface area contributed by atoms with E-state index in [0.717, 1.165) is 18.2 Å². The van der Waals surface area contributed by atoms with Gasteiger partial charge >= 0.3 is 0 Å². The van der Waals surface area contributed by atoms with Crippen molar-refractivity contribution in [3.05, 3.63) is 0 Å². The maximum atomic E-state index is 12.6. The van der Waals surface area contributed by atoms with E-state index in [1.54, 1.807) is 0 Å². The molecular formula is C16H28BrNO. The van der Waals surface area contributed by atoms with Gasteiger partial charge in [-0.25, -0.2) is 0 Å². The van der Waals surface area contributed by atoms with E-state index in [9.17, 15) is 4.79 Å². The lowest BCUT2D eigenvalue weighted by molar-refractivity contribution is -0.125. The fourth-order valence-electron chi connectivity index (χ4n) is 4.11. The van der Waals surface area contributed by atoms with Gasteiger partial charge in [0.2, 0.25) is 5.91 Å². The SMILES string of the molecule is CC1CCCC(CBr)(NC(=O)C2C(C)(C)C2(C)C)C1. The molecule has 0 aromatic carbocycles. The highest BCUT2D eigenvalue weighted by atomic mass is 79.9. The van der Waals surface area contributed by atoms with Crippen LogP contribution in [-0.2, 0) is 4.79 Å². The molecule has 0 aliphatic heterocycles. The third-order valence-electron chi connectivity index (χ3n) is 6.02. The Balaban J connectivity index is 2.06. The summed E-state index contributed by atoms with van der Waals surface area (Å²) in [6.45, 7) is 11.1. The molecule has 0 heterocycles. The summed E-state index contributed by atoms with van der Waals surface area (Å²) in [4.78, 5) is 12.6. The predicted molar refractivity (Wildman–Crippen MR) is 83.4 cm³/mol. The molecule has 0 radical (unpaired) electrons. The van der Waals surface area contributed by atoms with Crippen LogP contribution in [0.4, 0.5) is 0 Å². The Kier molecular flexibility index (Phi) is 3.84. The normalized spacial score (nSPS) is 36.8. The summed E-state index contributed by atoms with van der Waals surface area (Å²) >= 11 is 3.64. The minimum absolute atomic E-state index is 0.0104. The molecule has 110 valence electrons. The zero-order chi connectivity index (χ0) is 14.5. The first-order valence-corrected chi connectivity index (χ1v) is 8.66. The number of hydrogen-bond acceptors (Lipinski definition) is 1. The van der Waals surface area contributed by atoms with E-state index in [4.69, 9.17) is 0 Å². The van der Waals surface area contributed by atoms with Crippen molar-refractivity contribution in [1.29, 1.82) is 0 Å². The van der Waals surface area contributed by atoms with Crippen LogP contribution >= 0.6 is 15.9 Å². The predicted octanol–water partition coefficient (Wildman–Crippen LogP) is 4.13. The molecule has 0 spiro atoms. The van der Waals surface area contributed by atoms with Crippen LogP contribution in [0, 0.1) is 22.7 Å². The zero-order valence-electron chi connectivity index (χ0n) is 13.0. The summed E-state index contributed by atoms with van der Waals surface area (Å²) in [5.74, 6) is 1.14. The second-order valence-corrected chi connectivity index (χ2v) is 8.54. The molecule has 2 rings (SSSR count). The van der Waals surface area contributed by atoms with E-state index >= 15 is 0 Å². The topological polar surface area (TPSA) is 29.1 Å². The van der Waals surface area contributed by atoms with Crippen LogP contribution in [0.2, 0.25) is 0 Å². The van der Waals surface area contributed by atoms with Crippen LogP contribution in [0.25, 0.3) is 0 Å². The van der Waals surface area contributed by atoms with Crippen molar-refractivity contribution in [2.45, 2.75) is 65.8 Å². The highest BCUT2D eigenvalue weighted by Gasteiger charge is 2.68. The summed E-state index contributed by atoms with van der Waals surface area (Å²) in [7, 11) is 0. The highest BCUT2D eigenvalue weighted by Crippen LogP contribution is 2.68. The molecule has 2 nitrogen and oxygen atoms in total. The van der Waals surface area contributed by atoms with E-state index in [2.05, 4.69) is 55.9 Å². The number of carbonyl (C=O) groups excluding carboxylic acids is 1. The van der Waals surface area contributed by atoms with Crippen LogP contribution in [0.1, 0.15) is 60.3 Å². The molecule has 0 saturated heterocycles. The second-order valence-electron chi connectivity index (χ2n) is 7.98. The minimum Gasteiger partial charge on any atom is -0.350 e. The van der Waals surface area contributed by atoms with E-state index in [-0.39, 0.29) is 28.2 Å². The summed E-state index contributed by atoms with van der Waals surface area (Å²) < 4.78 is 0. The quantitative estimate of drug-likeness (QED) is 0.775. The first-order valence-electron chi connectivity index (χ1n) is 7.54. The summed E-state index contributed by atoms with van der Waals surface area (Å²) in [5, 5.41) is 4.28. The molecule has 1 N–H and O–H groups in total. The molecule has 0 aromatic heterocycles. The maximum absolute atomic E-state index is 12.6. The lowest BCUT2D eigenvalue weighted by Gasteiger charge is -2.40. The van der Waals surface area contributed by atoms with Crippen LogP contribution in [-0.4, -0.2) is 16.8 Å². The van der Waals surface area contributed by atoms with Gasteiger partial charge in [-0.15, -0.1) is 0 Å². The van der Waals surface area contributed by atoms with Gasteiger partial charge in [0.05, 0.1) is 0 Å². The summed E-state index contributed by atoms with van der Waals surface area (Å²) in [6, 6.07) is 0. The first kappa shape index (κ1) is 15.3. The molecule has 2 atom stereocenters. The van der Waals surface area contributed by atoms with Crippen molar-refractivity contribution in [2.24, 2.45) is 22.7 Å². The van der Waals surface area contributed by atoms with Gasteiger partial charge in [0.25, 0.3) is 0 Å². The van der Waals surface area contributed by atoms with Crippen molar-refractivity contribution in [3.63, 3.8) is 0 Å². The fourth-order valence-corrected chi connectivity index (χ4v) is 4.76. The van der Waals surface area contributed by atoms with Crippen molar-refractivity contribution in [1.82, 2.24) is 5.32 Å². The average Bonchev–Trinajstić information content (AvgIpc) is 2.69. The molecule has 2 aliphatic carbocycles. The molecule has 3 heteroatoms. The number of alkyl halides is 1. The van der Waals surface area contributed by atoms with Crippen LogP contribution in [0.15, 0.2) is 0 Å². The van der Waals surface area contributed by atoms with Crippen LogP contribution in [0.5, 0.6) is 0 Å². The Morgan fingerprint density at radius 2 is 1.84 bits per heavy atom. The van der Waals surface area contributed by atoms with Gasteiger partial charge in [-0.2, -0.15) is 0 Å². The van der Waals surface area contributed by atoms with Crippen molar-refractivity contribution < 1.29 is 4.79 Å². The number of amides is 1. The maximum Gasteiger partial charge on any atom is 0.224 e. The van der Waals surface area contributed by atoms with E-state index in [1.807, 2.05) is 0 Å². The Morgan fingerprint density at radius 3 is 2.26 bits per heavy atom. The lowest BCUT2D eigenvalue weighted by Crippen LogP contribution is -2.53. The summed E-state index contributed by atoms with van der Waals surface area (Å²) in [5.41, 5.74) is 0.249. The molecule has 2 fully saturated rings. The smallest absolute Gasteiger partial charge is 0.224 e. The average molecular weight is 330 g/mol. The van der Waals surface area contributed by atoms with Crippen molar-refractivity contribution in [2.75, 3.05) is 5.33 Å². The van der Waals surface area contributed by atoms with Gasteiger partial charge in [0, 0.05) is 16.8 Å². The zero-order valence-corrected chi connectivity index (χ0v) is 14.6. The number of carbonyl (C=O) groups is 1. The Labute approximate surface area is 126 Å². The number of nitrogens with one attached hydrogen (secondary N) is 1. The first-order chi connectivity index (χ1) is 8.66. The number of hydrogen-bond donors (Lipinski definition) is 1.